The van der Waals surface area contributed by atoms with Crippen molar-refractivity contribution in [2.24, 2.45) is 0 Å². The smallest absolute Gasteiger partial charge is 0.256 e. The van der Waals surface area contributed by atoms with E-state index in [-0.39, 0.29) is 10.8 Å². The standard InChI is InChI=1S/C17H19NO3S2/c1-11-14-5-3-4-6-15(14)22-17(11)18-16(19)12-7-9-13(10-8-12)23(2,20)21/h7-10H,3-6H2,1-2H3,(H,18,19). The Kier molecular flexibility index (Phi) is 4.29. The van der Waals surface area contributed by atoms with E-state index in [1.54, 1.807) is 23.5 Å². The molecule has 0 spiro atoms. The summed E-state index contributed by atoms with van der Waals surface area (Å²) in [6.07, 6.45) is 5.77. The van der Waals surface area contributed by atoms with Crippen LogP contribution in [-0.2, 0) is 22.7 Å². The highest BCUT2D eigenvalue weighted by Gasteiger charge is 2.19. The monoisotopic (exact) mass is 349 g/mol. The highest BCUT2D eigenvalue weighted by atomic mass is 32.2. The zero-order chi connectivity index (χ0) is 16.6. The maximum atomic E-state index is 12.4. The summed E-state index contributed by atoms with van der Waals surface area (Å²) in [5.74, 6) is -0.202. The van der Waals surface area contributed by atoms with Gasteiger partial charge >= 0.3 is 0 Å². The fraction of sp³-hybridized carbons (Fsp3) is 0.353. The Morgan fingerprint density at radius 3 is 2.39 bits per heavy atom. The van der Waals surface area contributed by atoms with Crippen LogP contribution in [0, 0.1) is 6.92 Å². The summed E-state index contributed by atoms with van der Waals surface area (Å²) < 4.78 is 22.9. The lowest BCUT2D eigenvalue weighted by molar-refractivity contribution is 0.102. The molecule has 1 N–H and O–H groups in total. The third-order valence-electron chi connectivity index (χ3n) is 4.21. The van der Waals surface area contributed by atoms with Gasteiger partial charge in [0, 0.05) is 16.7 Å². The fourth-order valence-corrected chi connectivity index (χ4v) is 4.79. The first-order chi connectivity index (χ1) is 10.9. The van der Waals surface area contributed by atoms with E-state index < -0.39 is 9.84 Å². The third kappa shape index (κ3) is 3.33. The Morgan fingerprint density at radius 1 is 1.13 bits per heavy atom. The number of hydrogen-bond acceptors (Lipinski definition) is 4. The molecule has 3 rings (SSSR count). The molecule has 0 atom stereocenters. The third-order valence-corrected chi connectivity index (χ3v) is 6.65. The predicted molar refractivity (Wildman–Crippen MR) is 93.2 cm³/mol. The number of rotatable bonds is 3. The molecule has 122 valence electrons. The van der Waals surface area contributed by atoms with Gasteiger partial charge in [-0.3, -0.25) is 4.79 Å². The lowest BCUT2D eigenvalue weighted by atomic mass is 9.96. The van der Waals surface area contributed by atoms with Gasteiger partial charge in [0.2, 0.25) is 0 Å². The number of carbonyl (C=O) groups is 1. The maximum absolute atomic E-state index is 12.4. The maximum Gasteiger partial charge on any atom is 0.256 e. The van der Waals surface area contributed by atoms with Gasteiger partial charge in [0.1, 0.15) is 0 Å². The van der Waals surface area contributed by atoms with Crippen LogP contribution < -0.4 is 5.32 Å². The van der Waals surface area contributed by atoms with Crippen molar-refractivity contribution in [1.82, 2.24) is 0 Å². The molecule has 1 heterocycles. The van der Waals surface area contributed by atoms with E-state index in [4.69, 9.17) is 0 Å². The molecular weight excluding hydrogens is 330 g/mol. The topological polar surface area (TPSA) is 63.2 Å². The van der Waals surface area contributed by atoms with Gasteiger partial charge in [-0.1, -0.05) is 0 Å². The largest absolute Gasteiger partial charge is 0.313 e. The molecule has 1 aromatic carbocycles. The van der Waals surface area contributed by atoms with Crippen LogP contribution in [0.15, 0.2) is 29.2 Å². The van der Waals surface area contributed by atoms with Crippen molar-refractivity contribution in [2.45, 2.75) is 37.5 Å². The molecule has 2 aromatic rings. The summed E-state index contributed by atoms with van der Waals surface area (Å²) in [6, 6.07) is 6.04. The van der Waals surface area contributed by atoms with E-state index in [0.29, 0.717) is 5.56 Å². The van der Waals surface area contributed by atoms with Crippen LogP contribution in [-0.4, -0.2) is 20.6 Å². The Hall–Kier alpha value is -1.66. The summed E-state index contributed by atoms with van der Waals surface area (Å²) in [6.45, 7) is 2.06. The average Bonchev–Trinajstić information content (AvgIpc) is 2.83. The van der Waals surface area contributed by atoms with Crippen molar-refractivity contribution in [2.75, 3.05) is 11.6 Å². The zero-order valence-corrected chi connectivity index (χ0v) is 14.8. The van der Waals surface area contributed by atoms with Gasteiger partial charge < -0.3 is 5.32 Å². The number of nitrogens with one attached hydrogen (secondary N) is 1. The van der Waals surface area contributed by atoms with Gasteiger partial charge in [-0.05, 0) is 68.0 Å². The van der Waals surface area contributed by atoms with Crippen LogP contribution >= 0.6 is 11.3 Å². The quantitative estimate of drug-likeness (QED) is 0.921. The van der Waals surface area contributed by atoms with Gasteiger partial charge in [0.25, 0.3) is 5.91 Å². The lowest BCUT2D eigenvalue weighted by Gasteiger charge is -2.10. The molecule has 6 heteroatoms. The molecule has 0 bridgehead atoms. The van der Waals surface area contributed by atoms with E-state index in [2.05, 4.69) is 12.2 Å². The molecule has 1 aliphatic rings. The zero-order valence-electron chi connectivity index (χ0n) is 13.2. The molecule has 1 amide bonds. The van der Waals surface area contributed by atoms with E-state index in [0.717, 1.165) is 24.1 Å². The number of fused-ring (bicyclic) bond motifs is 1. The highest BCUT2D eigenvalue weighted by molar-refractivity contribution is 7.90. The molecule has 0 aliphatic heterocycles. The van der Waals surface area contributed by atoms with Gasteiger partial charge in [-0.2, -0.15) is 0 Å². The van der Waals surface area contributed by atoms with Crippen LogP contribution in [0.4, 0.5) is 5.00 Å². The summed E-state index contributed by atoms with van der Waals surface area (Å²) in [5.41, 5.74) is 3.03. The molecule has 4 nitrogen and oxygen atoms in total. The van der Waals surface area contributed by atoms with E-state index >= 15 is 0 Å². The van der Waals surface area contributed by atoms with Crippen LogP contribution in [0.2, 0.25) is 0 Å². The van der Waals surface area contributed by atoms with Crippen molar-refractivity contribution in [3.63, 3.8) is 0 Å². The van der Waals surface area contributed by atoms with Crippen molar-refractivity contribution < 1.29 is 13.2 Å². The fourth-order valence-electron chi connectivity index (χ4n) is 2.87. The summed E-state index contributed by atoms with van der Waals surface area (Å²) in [4.78, 5) is 14.0. The first-order valence-corrected chi connectivity index (χ1v) is 10.3. The number of anilines is 1. The second kappa shape index (κ2) is 6.09. The van der Waals surface area contributed by atoms with Gasteiger partial charge in [0.15, 0.2) is 9.84 Å². The minimum atomic E-state index is -3.24. The Bertz CT molecular complexity index is 849. The SMILES string of the molecule is Cc1c(NC(=O)c2ccc(S(C)(=O)=O)cc2)sc2c1CCCC2. The van der Waals surface area contributed by atoms with Crippen LogP contribution in [0.5, 0.6) is 0 Å². The molecule has 0 radical (unpaired) electrons. The number of benzene rings is 1. The van der Waals surface area contributed by atoms with Gasteiger partial charge in [-0.25, -0.2) is 8.42 Å². The van der Waals surface area contributed by atoms with Crippen LogP contribution in [0.3, 0.4) is 0 Å². The number of amides is 1. The first kappa shape index (κ1) is 16.2. The Labute approximate surface area is 140 Å². The lowest BCUT2D eigenvalue weighted by Crippen LogP contribution is -2.12. The van der Waals surface area contributed by atoms with Gasteiger partial charge in [0.05, 0.1) is 9.90 Å². The summed E-state index contributed by atoms with van der Waals surface area (Å²) in [7, 11) is -3.24. The van der Waals surface area contributed by atoms with Crippen molar-refractivity contribution in [3.05, 3.63) is 45.8 Å². The number of carbonyl (C=O) groups excluding carboxylic acids is 1. The van der Waals surface area contributed by atoms with Crippen molar-refractivity contribution >= 4 is 32.1 Å². The number of hydrogen-bond donors (Lipinski definition) is 1. The molecule has 0 fully saturated rings. The summed E-state index contributed by atoms with van der Waals surface area (Å²) in [5, 5.41) is 3.88. The average molecular weight is 349 g/mol. The molecule has 0 saturated carbocycles. The normalized spacial score (nSPS) is 14.3. The van der Waals surface area contributed by atoms with Crippen LogP contribution in [0.1, 0.15) is 39.2 Å². The first-order valence-electron chi connectivity index (χ1n) is 7.59. The second-order valence-corrected chi connectivity index (χ2v) is 9.04. The molecular formula is C17H19NO3S2. The highest BCUT2D eigenvalue weighted by Crippen LogP contribution is 2.37. The number of thiophene rings is 1. The molecule has 23 heavy (non-hydrogen) atoms. The minimum absolute atomic E-state index is 0.202. The van der Waals surface area contributed by atoms with Crippen molar-refractivity contribution in [1.29, 1.82) is 0 Å². The Morgan fingerprint density at radius 2 is 1.78 bits per heavy atom. The molecule has 1 aromatic heterocycles. The molecule has 0 saturated heterocycles. The van der Waals surface area contributed by atoms with Crippen LogP contribution in [0.25, 0.3) is 0 Å². The van der Waals surface area contributed by atoms with E-state index in [1.165, 1.54) is 41.0 Å². The number of aryl methyl sites for hydroxylation is 1. The van der Waals surface area contributed by atoms with E-state index in [1.807, 2.05) is 0 Å². The second-order valence-electron chi connectivity index (χ2n) is 5.92. The molecule has 1 aliphatic carbocycles. The summed E-state index contributed by atoms with van der Waals surface area (Å²) >= 11 is 1.66. The van der Waals surface area contributed by atoms with Gasteiger partial charge in [-0.15, -0.1) is 11.3 Å². The Balaban J connectivity index is 1.81. The van der Waals surface area contributed by atoms with E-state index in [9.17, 15) is 13.2 Å². The molecule has 0 unspecified atom stereocenters. The minimum Gasteiger partial charge on any atom is -0.313 e. The predicted octanol–water partition coefficient (Wildman–Crippen LogP) is 3.59. The van der Waals surface area contributed by atoms with Crippen molar-refractivity contribution in [3.8, 4) is 0 Å². The number of sulfone groups is 1.